The molecule has 0 aromatic rings. The molecule has 2 fully saturated rings. The smallest absolute Gasteiger partial charge is 0.0110 e. The Kier molecular flexibility index (Phi) is 11.3. The zero-order valence-electron chi connectivity index (χ0n) is 13.1. The molecule has 122 valence electrons. The zero-order chi connectivity index (χ0) is 12.8. The Labute approximate surface area is 137 Å². The minimum Gasteiger partial charge on any atom is -0.314 e. The van der Waals surface area contributed by atoms with Crippen molar-refractivity contribution in [1.29, 1.82) is 0 Å². The van der Waals surface area contributed by atoms with E-state index in [4.69, 9.17) is 0 Å². The molecule has 0 bridgehead atoms. The molecule has 2 saturated heterocycles. The van der Waals surface area contributed by atoms with E-state index in [1.54, 1.807) is 0 Å². The minimum atomic E-state index is 0. The van der Waals surface area contributed by atoms with E-state index in [0.717, 1.165) is 11.8 Å². The van der Waals surface area contributed by atoms with Crippen molar-refractivity contribution in [3.05, 3.63) is 0 Å². The van der Waals surface area contributed by atoms with Crippen LogP contribution < -0.4 is 5.32 Å². The number of piperazine rings is 1. The van der Waals surface area contributed by atoms with E-state index >= 15 is 0 Å². The van der Waals surface area contributed by atoms with Crippen LogP contribution in [0.5, 0.6) is 0 Å². The van der Waals surface area contributed by atoms with Crippen LogP contribution >= 0.6 is 24.8 Å². The summed E-state index contributed by atoms with van der Waals surface area (Å²) >= 11 is 0. The van der Waals surface area contributed by atoms with Crippen molar-refractivity contribution >= 4 is 24.8 Å². The molecule has 0 aromatic heterocycles. The SMILES string of the molecule is CC(C)C1CCCN(CCN2CCNCC2)CC1.Cl.Cl. The van der Waals surface area contributed by atoms with E-state index in [1.165, 1.54) is 71.6 Å². The second kappa shape index (κ2) is 11.1. The van der Waals surface area contributed by atoms with Crippen molar-refractivity contribution in [3.8, 4) is 0 Å². The standard InChI is InChI=1S/C15H31N3.2ClH/c1-14(2)15-4-3-8-17(9-5-15)12-13-18-10-6-16-7-11-18;;/h14-16H,3-13H2,1-2H3;2*1H. The first-order valence-electron chi connectivity index (χ1n) is 7.91. The lowest BCUT2D eigenvalue weighted by atomic mass is 9.89. The summed E-state index contributed by atoms with van der Waals surface area (Å²) in [5, 5.41) is 3.43. The lowest BCUT2D eigenvalue weighted by Crippen LogP contribution is -2.46. The van der Waals surface area contributed by atoms with Crippen molar-refractivity contribution in [2.45, 2.75) is 33.1 Å². The maximum atomic E-state index is 3.43. The Morgan fingerprint density at radius 3 is 2.10 bits per heavy atom. The highest BCUT2D eigenvalue weighted by atomic mass is 35.5. The van der Waals surface area contributed by atoms with Crippen LogP contribution in [-0.2, 0) is 0 Å². The van der Waals surface area contributed by atoms with Gasteiger partial charge >= 0.3 is 0 Å². The fourth-order valence-corrected chi connectivity index (χ4v) is 3.29. The quantitative estimate of drug-likeness (QED) is 0.856. The van der Waals surface area contributed by atoms with E-state index in [0.29, 0.717) is 0 Å². The summed E-state index contributed by atoms with van der Waals surface area (Å²) in [6.07, 6.45) is 4.27. The van der Waals surface area contributed by atoms with Crippen LogP contribution in [0.2, 0.25) is 0 Å². The molecule has 20 heavy (non-hydrogen) atoms. The number of likely N-dealkylation sites (tertiary alicyclic amines) is 1. The van der Waals surface area contributed by atoms with Gasteiger partial charge in [-0.3, -0.25) is 4.90 Å². The minimum absolute atomic E-state index is 0. The summed E-state index contributed by atoms with van der Waals surface area (Å²) in [5.74, 6) is 1.84. The molecular formula is C15H33Cl2N3. The lowest BCUT2D eigenvalue weighted by molar-refractivity contribution is 0.189. The summed E-state index contributed by atoms with van der Waals surface area (Å²) in [5.41, 5.74) is 0. The summed E-state index contributed by atoms with van der Waals surface area (Å²) in [6.45, 7) is 14.8. The van der Waals surface area contributed by atoms with E-state index in [2.05, 4.69) is 29.0 Å². The molecule has 0 saturated carbocycles. The molecule has 1 N–H and O–H groups in total. The number of rotatable bonds is 4. The number of hydrogen-bond donors (Lipinski definition) is 1. The molecule has 0 aliphatic carbocycles. The fraction of sp³-hybridized carbons (Fsp3) is 1.00. The first-order valence-corrected chi connectivity index (χ1v) is 7.91. The van der Waals surface area contributed by atoms with Crippen LogP contribution in [0, 0.1) is 11.8 Å². The predicted octanol–water partition coefficient (Wildman–Crippen LogP) is 2.49. The average Bonchev–Trinajstić information content (AvgIpc) is 2.63. The Hall–Kier alpha value is 0.460. The molecule has 0 amide bonds. The summed E-state index contributed by atoms with van der Waals surface area (Å²) in [6, 6.07) is 0. The molecule has 2 heterocycles. The van der Waals surface area contributed by atoms with Gasteiger partial charge in [0.2, 0.25) is 0 Å². The normalized spacial score (nSPS) is 25.6. The maximum Gasteiger partial charge on any atom is 0.0110 e. The summed E-state index contributed by atoms with van der Waals surface area (Å²) in [7, 11) is 0. The Morgan fingerprint density at radius 2 is 1.50 bits per heavy atom. The van der Waals surface area contributed by atoms with Crippen molar-refractivity contribution in [2.75, 3.05) is 52.4 Å². The van der Waals surface area contributed by atoms with Gasteiger partial charge in [0.15, 0.2) is 0 Å². The highest BCUT2D eigenvalue weighted by Crippen LogP contribution is 2.24. The Balaban J connectivity index is 0.00000180. The van der Waals surface area contributed by atoms with Gasteiger partial charge in [0.1, 0.15) is 0 Å². The van der Waals surface area contributed by atoms with Gasteiger partial charge in [0.05, 0.1) is 0 Å². The molecule has 2 rings (SSSR count). The second-order valence-corrected chi connectivity index (χ2v) is 6.37. The molecular weight excluding hydrogens is 293 g/mol. The van der Waals surface area contributed by atoms with Gasteiger partial charge in [0.25, 0.3) is 0 Å². The topological polar surface area (TPSA) is 18.5 Å². The van der Waals surface area contributed by atoms with E-state index < -0.39 is 0 Å². The Morgan fingerprint density at radius 1 is 0.900 bits per heavy atom. The van der Waals surface area contributed by atoms with Crippen LogP contribution in [0.3, 0.4) is 0 Å². The van der Waals surface area contributed by atoms with Crippen LogP contribution in [0.1, 0.15) is 33.1 Å². The predicted molar refractivity (Wildman–Crippen MR) is 92.4 cm³/mol. The van der Waals surface area contributed by atoms with Crippen LogP contribution in [0.25, 0.3) is 0 Å². The molecule has 0 radical (unpaired) electrons. The van der Waals surface area contributed by atoms with Crippen molar-refractivity contribution < 1.29 is 0 Å². The van der Waals surface area contributed by atoms with Gasteiger partial charge in [-0.25, -0.2) is 0 Å². The number of halogens is 2. The molecule has 2 aliphatic rings. The van der Waals surface area contributed by atoms with Gasteiger partial charge in [-0.2, -0.15) is 0 Å². The average molecular weight is 326 g/mol. The zero-order valence-corrected chi connectivity index (χ0v) is 14.8. The van der Waals surface area contributed by atoms with Gasteiger partial charge in [-0.15, -0.1) is 24.8 Å². The summed E-state index contributed by atoms with van der Waals surface area (Å²) in [4.78, 5) is 5.31. The first kappa shape index (κ1) is 20.5. The molecule has 0 aromatic carbocycles. The van der Waals surface area contributed by atoms with E-state index in [9.17, 15) is 0 Å². The third kappa shape index (κ3) is 6.95. The van der Waals surface area contributed by atoms with Crippen LogP contribution in [0.15, 0.2) is 0 Å². The lowest BCUT2D eigenvalue weighted by Gasteiger charge is -2.30. The van der Waals surface area contributed by atoms with Gasteiger partial charge in [0, 0.05) is 39.3 Å². The third-order valence-corrected chi connectivity index (χ3v) is 4.75. The highest BCUT2D eigenvalue weighted by molar-refractivity contribution is 5.85. The second-order valence-electron chi connectivity index (χ2n) is 6.37. The molecule has 3 nitrogen and oxygen atoms in total. The molecule has 1 atom stereocenters. The van der Waals surface area contributed by atoms with Gasteiger partial charge in [-0.05, 0) is 44.2 Å². The molecule has 1 unspecified atom stereocenters. The summed E-state index contributed by atoms with van der Waals surface area (Å²) < 4.78 is 0. The third-order valence-electron chi connectivity index (χ3n) is 4.75. The van der Waals surface area contributed by atoms with Crippen molar-refractivity contribution in [3.63, 3.8) is 0 Å². The van der Waals surface area contributed by atoms with Gasteiger partial charge < -0.3 is 10.2 Å². The molecule has 0 spiro atoms. The first-order chi connectivity index (χ1) is 8.75. The van der Waals surface area contributed by atoms with E-state index in [1.807, 2.05) is 0 Å². The molecule has 5 heteroatoms. The number of nitrogens with one attached hydrogen (secondary N) is 1. The number of nitrogens with zero attached hydrogens (tertiary/aromatic N) is 2. The van der Waals surface area contributed by atoms with Crippen LogP contribution in [-0.4, -0.2) is 62.2 Å². The van der Waals surface area contributed by atoms with Gasteiger partial charge in [-0.1, -0.05) is 13.8 Å². The Bertz CT molecular complexity index is 233. The van der Waals surface area contributed by atoms with Crippen molar-refractivity contribution in [2.24, 2.45) is 11.8 Å². The van der Waals surface area contributed by atoms with Crippen molar-refractivity contribution in [1.82, 2.24) is 15.1 Å². The van der Waals surface area contributed by atoms with Crippen LogP contribution in [0.4, 0.5) is 0 Å². The highest BCUT2D eigenvalue weighted by Gasteiger charge is 2.19. The van der Waals surface area contributed by atoms with E-state index in [-0.39, 0.29) is 24.8 Å². The number of hydrogen-bond acceptors (Lipinski definition) is 3. The monoisotopic (exact) mass is 325 g/mol. The fourth-order valence-electron chi connectivity index (χ4n) is 3.29. The largest absolute Gasteiger partial charge is 0.314 e. The molecule has 2 aliphatic heterocycles. The maximum absolute atomic E-state index is 3.43.